The normalized spacial score (nSPS) is 21.4. The van der Waals surface area contributed by atoms with Crippen LogP contribution in [0.15, 0.2) is 42.5 Å². The Morgan fingerprint density at radius 3 is 2.23 bits per heavy atom. The van der Waals surface area contributed by atoms with Gasteiger partial charge in [0.05, 0.1) is 16.8 Å². The Balaban J connectivity index is 1.61. The maximum absolute atomic E-state index is 13.2. The summed E-state index contributed by atoms with van der Waals surface area (Å²) in [5.41, 5.74) is 1.82. The van der Waals surface area contributed by atoms with E-state index in [-0.39, 0.29) is 12.1 Å². The third kappa shape index (κ3) is 5.49. The first-order chi connectivity index (χ1) is 14.8. The molecule has 1 saturated heterocycles. The minimum Gasteiger partial charge on any atom is -0.361 e. The van der Waals surface area contributed by atoms with Crippen LogP contribution in [-0.2, 0) is 10.2 Å². The van der Waals surface area contributed by atoms with Crippen LogP contribution in [0.2, 0.25) is 15.1 Å². The molecular formula is C22H26Cl3N3O2S. The predicted molar refractivity (Wildman–Crippen MR) is 129 cm³/mol. The highest BCUT2D eigenvalue weighted by Crippen LogP contribution is 2.37. The molecule has 0 bridgehead atoms. The van der Waals surface area contributed by atoms with Crippen LogP contribution in [0.3, 0.4) is 0 Å². The van der Waals surface area contributed by atoms with Gasteiger partial charge in [-0.15, -0.1) is 0 Å². The average Bonchev–Trinajstić information content (AvgIpc) is 2.74. The first kappa shape index (κ1) is 23.1. The Hall–Kier alpha value is -1.02. The second kappa shape index (κ2) is 9.86. The summed E-state index contributed by atoms with van der Waals surface area (Å²) in [6, 6.07) is 12.8. The zero-order valence-electron chi connectivity index (χ0n) is 17.1. The second-order valence-corrected chi connectivity index (χ2v) is 11.2. The third-order valence-corrected chi connectivity index (χ3v) is 8.51. The Labute approximate surface area is 199 Å². The third-order valence-electron chi connectivity index (χ3n) is 6.08. The summed E-state index contributed by atoms with van der Waals surface area (Å²) in [6.45, 7) is 1.22. The largest absolute Gasteiger partial charge is 0.361 e. The molecule has 2 aliphatic rings. The zero-order chi connectivity index (χ0) is 22.0. The van der Waals surface area contributed by atoms with E-state index in [9.17, 15) is 8.42 Å². The molecule has 0 radical (unpaired) electrons. The van der Waals surface area contributed by atoms with E-state index in [1.807, 2.05) is 30.3 Å². The van der Waals surface area contributed by atoms with Crippen LogP contribution in [0.25, 0.3) is 0 Å². The van der Waals surface area contributed by atoms with Gasteiger partial charge >= 0.3 is 0 Å². The van der Waals surface area contributed by atoms with Gasteiger partial charge in [0.1, 0.15) is 0 Å². The molecule has 9 heteroatoms. The highest BCUT2D eigenvalue weighted by atomic mass is 35.5. The summed E-state index contributed by atoms with van der Waals surface area (Å²) >= 11 is 18.7. The van der Waals surface area contributed by atoms with Gasteiger partial charge in [-0.3, -0.25) is 0 Å². The Bertz CT molecular complexity index is 1010. The summed E-state index contributed by atoms with van der Waals surface area (Å²) in [5.74, 6) is 0. The summed E-state index contributed by atoms with van der Waals surface area (Å²) < 4.78 is 30.8. The number of nitrogens with zero attached hydrogens (tertiary/aromatic N) is 2. The van der Waals surface area contributed by atoms with Crippen molar-refractivity contribution in [3.05, 3.63) is 63.1 Å². The zero-order valence-corrected chi connectivity index (χ0v) is 20.2. The molecule has 1 aliphatic heterocycles. The molecular weight excluding hydrogens is 477 g/mol. The lowest BCUT2D eigenvalue weighted by atomic mass is 9.96. The van der Waals surface area contributed by atoms with Gasteiger partial charge in [-0.2, -0.15) is 17.4 Å². The van der Waals surface area contributed by atoms with Crippen molar-refractivity contribution in [2.75, 3.05) is 24.5 Å². The lowest BCUT2D eigenvalue weighted by molar-refractivity contribution is 0.321. The van der Waals surface area contributed by atoms with Gasteiger partial charge in [0.15, 0.2) is 0 Å². The van der Waals surface area contributed by atoms with E-state index in [2.05, 4.69) is 9.62 Å². The van der Waals surface area contributed by atoms with Crippen molar-refractivity contribution in [2.45, 2.75) is 44.2 Å². The number of halogens is 3. The minimum absolute atomic E-state index is 0.0245. The highest BCUT2D eigenvalue weighted by Gasteiger charge is 2.36. The molecule has 0 amide bonds. The lowest BCUT2D eigenvalue weighted by Gasteiger charge is -2.43. The van der Waals surface area contributed by atoms with E-state index in [1.54, 1.807) is 16.4 Å². The predicted octanol–water partition coefficient (Wildman–Crippen LogP) is 5.68. The molecule has 4 rings (SSSR count). The van der Waals surface area contributed by atoms with Gasteiger partial charge in [0.25, 0.3) is 10.2 Å². The van der Waals surface area contributed by atoms with Crippen molar-refractivity contribution in [3.8, 4) is 0 Å². The molecule has 0 spiro atoms. The van der Waals surface area contributed by atoms with Gasteiger partial charge in [-0.25, -0.2) is 0 Å². The van der Waals surface area contributed by atoms with Crippen molar-refractivity contribution in [1.29, 1.82) is 0 Å². The van der Waals surface area contributed by atoms with Gasteiger partial charge in [0, 0.05) is 35.7 Å². The summed E-state index contributed by atoms with van der Waals surface area (Å²) in [4.78, 5) is 2.15. The van der Waals surface area contributed by atoms with Crippen LogP contribution in [0.4, 0.5) is 5.69 Å². The topological polar surface area (TPSA) is 52.7 Å². The van der Waals surface area contributed by atoms with Crippen molar-refractivity contribution in [2.24, 2.45) is 0 Å². The number of benzene rings is 2. The van der Waals surface area contributed by atoms with E-state index in [0.29, 0.717) is 34.7 Å². The SMILES string of the molecule is O=S(=O)(NC1CCCCC1)N1CCN(c2ccc(Cl)cc2Cl)C(c2ccc(Cl)cc2)C1. The first-order valence-electron chi connectivity index (χ1n) is 10.6. The monoisotopic (exact) mass is 501 g/mol. The quantitative estimate of drug-likeness (QED) is 0.572. The summed E-state index contributed by atoms with van der Waals surface area (Å²) in [5, 5.41) is 1.75. The van der Waals surface area contributed by atoms with E-state index in [4.69, 9.17) is 34.8 Å². The average molecular weight is 503 g/mol. The maximum Gasteiger partial charge on any atom is 0.279 e. The molecule has 2 aromatic carbocycles. The lowest BCUT2D eigenvalue weighted by Crippen LogP contribution is -2.55. The molecule has 1 heterocycles. The van der Waals surface area contributed by atoms with Gasteiger partial charge in [-0.05, 0) is 48.7 Å². The van der Waals surface area contributed by atoms with Gasteiger partial charge < -0.3 is 4.90 Å². The Morgan fingerprint density at radius 2 is 1.55 bits per heavy atom. The number of anilines is 1. The molecule has 2 fully saturated rings. The van der Waals surface area contributed by atoms with E-state index >= 15 is 0 Å². The highest BCUT2D eigenvalue weighted by molar-refractivity contribution is 7.87. The molecule has 1 aliphatic carbocycles. The smallest absolute Gasteiger partial charge is 0.279 e. The molecule has 168 valence electrons. The maximum atomic E-state index is 13.2. The fraction of sp³-hybridized carbons (Fsp3) is 0.455. The van der Waals surface area contributed by atoms with E-state index < -0.39 is 10.2 Å². The first-order valence-corrected chi connectivity index (χ1v) is 13.2. The van der Waals surface area contributed by atoms with Crippen molar-refractivity contribution >= 4 is 50.7 Å². The van der Waals surface area contributed by atoms with E-state index in [0.717, 1.165) is 36.9 Å². The number of hydrogen-bond donors (Lipinski definition) is 1. The van der Waals surface area contributed by atoms with Gasteiger partial charge in [0.2, 0.25) is 0 Å². The standard InChI is InChI=1S/C22H26Cl3N3O2S/c23-17-8-6-16(7-9-17)22-15-27(31(29,30)26-19-4-2-1-3-5-19)12-13-28(22)21-11-10-18(24)14-20(21)25/h6-11,14,19,22,26H,1-5,12-13,15H2. The number of hydrogen-bond acceptors (Lipinski definition) is 3. The molecule has 1 unspecified atom stereocenters. The second-order valence-electron chi connectivity index (χ2n) is 8.17. The molecule has 1 N–H and O–H groups in total. The molecule has 1 atom stereocenters. The summed E-state index contributed by atoms with van der Waals surface area (Å²) in [7, 11) is -3.58. The van der Waals surface area contributed by atoms with Crippen LogP contribution in [0, 0.1) is 0 Å². The molecule has 2 aromatic rings. The number of piperazine rings is 1. The fourth-order valence-electron chi connectivity index (χ4n) is 4.45. The van der Waals surface area contributed by atoms with Crippen molar-refractivity contribution in [1.82, 2.24) is 9.03 Å². The van der Waals surface area contributed by atoms with Crippen LogP contribution in [-0.4, -0.2) is 38.4 Å². The van der Waals surface area contributed by atoms with E-state index in [1.165, 1.54) is 6.42 Å². The fourth-order valence-corrected chi connectivity index (χ4v) is 6.56. The Morgan fingerprint density at radius 1 is 0.871 bits per heavy atom. The summed E-state index contributed by atoms with van der Waals surface area (Å²) in [6.07, 6.45) is 5.13. The van der Waals surface area contributed by atoms with Crippen molar-refractivity contribution < 1.29 is 8.42 Å². The minimum atomic E-state index is -3.58. The molecule has 1 saturated carbocycles. The molecule has 5 nitrogen and oxygen atoms in total. The number of nitrogens with one attached hydrogen (secondary N) is 1. The molecule has 0 aromatic heterocycles. The van der Waals surface area contributed by atoms with Gasteiger partial charge in [-0.1, -0.05) is 66.2 Å². The molecule has 31 heavy (non-hydrogen) atoms. The Kier molecular flexibility index (Phi) is 7.36. The van der Waals surface area contributed by atoms with Crippen LogP contribution >= 0.6 is 34.8 Å². The van der Waals surface area contributed by atoms with Crippen molar-refractivity contribution in [3.63, 3.8) is 0 Å². The van der Waals surface area contributed by atoms with Crippen LogP contribution in [0.1, 0.15) is 43.7 Å². The van der Waals surface area contributed by atoms with Crippen LogP contribution < -0.4 is 9.62 Å². The number of rotatable bonds is 5. The van der Waals surface area contributed by atoms with Crippen LogP contribution in [0.5, 0.6) is 0 Å².